The molecule has 0 atom stereocenters. The van der Waals surface area contributed by atoms with Gasteiger partial charge in [-0.2, -0.15) is 0 Å². The molecule has 1 heterocycles. The fourth-order valence-electron chi connectivity index (χ4n) is 2.03. The third kappa shape index (κ3) is 5.70. The predicted molar refractivity (Wildman–Crippen MR) is 82.4 cm³/mol. The van der Waals surface area contributed by atoms with Crippen molar-refractivity contribution in [1.29, 1.82) is 0 Å². The van der Waals surface area contributed by atoms with Crippen LogP contribution >= 0.6 is 0 Å². The van der Waals surface area contributed by atoms with Crippen LogP contribution in [-0.4, -0.2) is 17.4 Å². The van der Waals surface area contributed by atoms with E-state index < -0.39 is 0 Å². The van der Waals surface area contributed by atoms with Crippen molar-refractivity contribution in [2.45, 2.75) is 53.0 Å². The van der Waals surface area contributed by atoms with Gasteiger partial charge in [0.2, 0.25) is 0 Å². The summed E-state index contributed by atoms with van der Waals surface area (Å²) < 4.78 is 0. The third-order valence-corrected chi connectivity index (χ3v) is 3.48. The quantitative estimate of drug-likeness (QED) is 0.718. The molecule has 0 aliphatic heterocycles. The highest BCUT2D eigenvalue weighted by molar-refractivity contribution is 5.92. The van der Waals surface area contributed by atoms with Crippen LogP contribution < -0.4 is 11.1 Å². The van der Waals surface area contributed by atoms with E-state index in [0.29, 0.717) is 18.8 Å². The van der Waals surface area contributed by atoms with Gasteiger partial charge in [-0.25, -0.2) is 0 Å². The molecule has 0 unspecified atom stereocenters. The van der Waals surface area contributed by atoms with E-state index in [-0.39, 0.29) is 11.3 Å². The van der Waals surface area contributed by atoms with Crippen LogP contribution in [0.3, 0.4) is 0 Å². The number of nitrogens with two attached hydrogens (primary N) is 1. The highest BCUT2D eigenvalue weighted by Crippen LogP contribution is 2.22. The molecule has 4 nitrogen and oxygen atoms in total. The topological polar surface area (TPSA) is 68.0 Å². The summed E-state index contributed by atoms with van der Waals surface area (Å²) in [5, 5.41) is 2.97. The van der Waals surface area contributed by atoms with Crippen LogP contribution in [-0.2, 0) is 6.54 Å². The molecule has 3 N–H and O–H groups in total. The van der Waals surface area contributed by atoms with Crippen molar-refractivity contribution in [2.75, 3.05) is 6.54 Å². The Labute approximate surface area is 122 Å². The van der Waals surface area contributed by atoms with E-state index in [9.17, 15) is 4.79 Å². The normalized spacial score (nSPS) is 11.4. The number of rotatable bonds is 8. The molecule has 112 valence electrons. The summed E-state index contributed by atoms with van der Waals surface area (Å²) in [5.41, 5.74) is 7.02. The van der Waals surface area contributed by atoms with Gasteiger partial charge in [0.05, 0.1) is 0 Å². The Bertz CT molecular complexity index is 412. The number of carbonyl (C=O) groups is 1. The molecule has 0 aliphatic carbocycles. The largest absolute Gasteiger partial charge is 0.350 e. The fourth-order valence-corrected chi connectivity index (χ4v) is 2.03. The Morgan fingerprint density at radius 1 is 1.35 bits per heavy atom. The summed E-state index contributed by atoms with van der Waals surface area (Å²) in [7, 11) is 0. The molecule has 0 saturated heterocycles. The van der Waals surface area contributed by atoms with E-state index in [1.165, 1.54) is 19.3 Å². The zero-order chi connectivity index (χ0) is 15.0. The molecule has 1 aromatic rings. The van der Waals surface area contributed by atoms with Crippen LogP contribution in [0.15, 0.2) is 18.3 Å². The summed E-state index contributed by atoms with van der Waals surface area (Å²) in [5.74, 6) is -0.114. The monoisotopic (exact) mass is 277 g/mol. The van der Waals surface area contributed by atoms with Crippen molar-refractivity contribution >= 4 is 5.91 Å². The van der Waals surface area contributed by atoms with Gasteiger partial charge in [0.25, 0.3) is 5.91 Å². The van der Waals surface area contributed by atoms with E-state index in [0.717, 1.165) is 12.0 Å². The molecular weight excluding hydrogens is 250 g/mol. The Kier molecular flexibility index (Phi) is 6.65. The Balaban J connectivity index is 2.45. The fraction of sp³-hybridized carbons (Fsp3) is 0.625. The predicted octanol–water partition coefficient (Wildman–Crippen LogP) is 2.88. The summed E-state index contributed by atoms with van der Waals surface area (Å²) in [6.45, 7) is 7.70. The number of amides is 1. The minimum absolute atomic E-state index is 0.114. The van der Waals surface area contributed by atoms with Crippen molar-refractivity contribution in [3.05, 3.63) is 29.6 Å². The first-order valence-electron chi connectivity index (χ1n) is 7.41. The van der Waals surface area contributed by atoms with Gasteiger partial charge in [-0.05, 0) is 23.5 Å². The smallest absolute Gasteiger partial charge is 0.269 e. The maximum absolute atomic E-state index is 12.0. The van der Waals surface area contributed by atoms with Crippen LogP contribution in [0, 0.1) is 5.41 Å². The van der Waals surface area contributed by atoms with Gasteiger partial charge in [0.15, 0.2) is 0 Å². The van der Waals surface area contributed by atoms with E-state index in [2.05, 4.69) is 31.1 Å². The van der Waals surface area contributed by atoms with Crippen LogP contribution in [0.5, 0.6) is 0 Å². The van der Waals surface area contributed by atoms with Gasteiger partial charge in [-0.3, -0.25) is 9.78 Å². The molecular formula is C16H27N3O. The number of unbranched alkanes of at least 4 members (excludes halogenated alkanes) is 2. The van der Waals surface area contributed by atoms with Gasteiger partial charge < -0.3 is 11.1 Å². The maximum Gasteiger partial charge on any atom is 0.269 e. The lowest BCUT2D eigenvalue weighted by atomic mass is 9.87. The maximum atomic E-state index is 12.0. The molecule has 1 amide bonds. The van der Waals surface area contributed by atoms with Crippen molar-refractivity contribution in [2.24, 2.45) is 11.1 Å². The molecule has 1 rings (SSSR count). The molecule has 0 aliphatic rings. The zero-order valence-electron chi connectivity index (χ0n) is 12.9. The van der Waals surface area contributed by atoms with E-state index in [1.54, 1.807) is 12.3 Å². The first-order chi connectivity index (χ1) is 9.48. The Morgan fingerprint density at radius 3 is 2.65 bits per heavy atom. The summed E-state index contributed by atoms with van der Waals surface area (Å²) >= 11 is 0. The molecule has 0 spiro atoms. The summed E-state index contributed by atoms with van der Waals surface area (Å²) in [4.78, 5) is 16.1. The standard InChI is InChI=1S/C16H27N3O/c1-4-5-6-9-16(2,3)12-19-15(20)14-8-7-13(10-17)11-18-14/h7-8,11H,4-6,9-10,12,17H2,1-3H3,(H,19,20). The minimum Gasteiger partial charge on any atom is -0.350 e. The Hall–Kier alpha value is -1.42. The lowest BCUT2D eigenvalue weighted by Crippen LogP contribution is -2.34. The molecule has 1 aromatic heterocycles. The SMILES string of the molecule is CCCCCC(C)(C)CNC(=O)c1ccc(CN)cn1. The summed E-state index contributed by atoms with van der Waals surface area (Å²) in [6, 6.07) is 3.57. The van der Waals surface area contributed by atoms with Crippen LogP contribution in [0.25, 0.3) is 0 Å². The van der Waals surface area contributed by atoms with E-state index >= 15 is 0 Å². The van der Waals surface area contributed by atoms with Crippen molar-refractivity contribution in [3.63, 3.8) is 0 Å². The van der Waals surface area contributed by atoms with Gasteiger partial charge in [0, 0.05) is 19.3 Å². The molecule has 0 bridgehead atoms. The van der Waals surface area contributed by atoms with Crippen molar-refractivity contribution < 1.29 is 4.79 Å². The average molecular weight is 277 g/mol. The molecule has 0 aromatic carbocycles. The number of aromatic nitrogens is 1. The second kappa shape index (κ2) is 8.00. The Morgan fingerprint density at radius 2 is 2.10 bits per heavy atom. The van der Waals surface area contributed by atoms with Crippen molar-refractivity contribution in [1.82, 2.24) is 10.3 Å². The van der Waals surface area contributed by atoms with E-state index in [4.69, 9.17) is 5.73 Å². The third-order valence-electron chi connectivity index (χ3n) is 3.48. The second-order valence-electron chi connectivity index (χ2n) is 6.06. The number of hydrogen-bond acceptors (Lipinski definition) is 3. The lowest BCUT2D eigenvalue weighted by molar-refractivity contribution is 0.0929. The number of carbonyl (C=O) groups excluding carboxylic acids is 1. The average Bonchev–Trinajstić information content (AvgIpc) is 2.45. The highest BCUT2D eigenvalue weighted by atomic mass is 16.1. The zero-order valence-corrected chi connectivity index (χ0v) is 12.9. The number of pyridine rings is 1. The van der Waals surface area contributed by atoms with Crippen LogP contribution in [0.1, 0.15) is 62.5 Å². The first kappa shape index (κ1) is 16.6. The molecule has 0 saturated carbocycles. The van der Waals surface area contributed by atoms with Gasteiger partial charge in [-0.1, -0.05) is 46.1 Å². The van der Waals surface area contributed by atoms with Crippen molar-refractivity contribution in [3.8, 4) is 0 Å². The number of hydrogen-bond donors (Lipinski definition) is 2. The molecule has 4 heteroatoms. The summed E-state index contributed by atoms with van der Waals surface area (Å²) in [6.07, 6.45) is 6.46. The molecule has 20 heavy (non-hydrogen) atoms. The van der Waals surface area contributed by atoms with Crippen LogP contribution in [0.4, 0.5) is 0 Å². The highest BCUT2D eigenvalue weighted by Gasteiger charge is 2.19. The van der Waals surface area contributed by atoms with Gasteiger partial charge in [-0.15, -0.1) is 0 Å². The van der Waals surface area contributed by atoms with Crippen LogP contribution in [0.2, 0.25) is 0 Å². The van der Waals surface area contributed by atoms with Gasteiger partial charge >= 0.3 is 0 Å². The number of nitrogens with one attached hydrogen (secondary N) is 1. The van der Waals surface area contributed by atoms with Gasteiger partial charge in [0.1, 0.15) is 5.69 Å². The number of nitrogens with zero attached hydrogens (tertiary/aromatic N) is 1. The molecule has 0 fully saturated rings. The second-order valence-corrected chi connectivity index (χ2v) is 6.06. The minimum atomic E-state index is -0.114. The first-order valence-corrected chi connectivity index (χ1v) is 7.41. The lowest BCUT2D eigenvalue weighted by Gasteiger charge is -2.24. The molecule has 0 radical (unpaired) electrons. The van der Waals surface area contributed by atoms with E-state index in [1.807, 2.05) is 6.07 Å².